The first-order chi connectivity index (χ1) is 10.3. The van der Waals surface area contributed by atoms with Gasteiger partial charge in [-0.2, -0.15) is 0 Å². The molecule has 1 saturated heterocycles. The van der Waals surface area contributed by atoms with Crippen molar-refractivity contribution in [1.29, 1.82) is 0 Å². The Balaban J connectivity index is 1.44. The fourth-order valence-electron chi connectivity index (χ4n) is 2.54. The number of hydrogen-bond acceptors (Lipinski definition) is 4. The van der Waals surface area contributed by atoms with E-state index in [4.69, 9.17) is 0 Å². The first kappa shape index (κ1) is 13.9. The predicted octanol–water partition coefficient (Wildman–Crippen LogP) is 2.79. The number of aromatic nitrogens is 1. The molecular formula is C15H18N4OS. The molecule has 1 aliphatic rings. The minimum absolute atomic E-state index is 0.178. The Bertz CT molecular complexity index is 573. The van der Waals surface area contributed by atoms with Crippen LogP contribution >= 0.6 is 11.3 Å². The number of anilines is 2. The maximum absolute atomic E-state index is 11.7. The summed E-state index contributed by atoms with van der Waals surface area (Å²) in [6.07, 6.45) is 2.78. The lowest BCUT2D eigenvalue weighted by Crippen LogP contribution is -2.34. The van der Waals surface area contributed by atoms with Crippen LogP contribution in [0.25, 0.3) is 0 Å². The quantitative estimate of drug-likeness (QED) is 0.913. The minimum Gasteiger partial charge on any atom is -0.371 e. The maximum atomic E-state index is 11.7. The number of carbonyl (C=O) groups excluding carboxylic acids is 1. The zero-order valence-corrected chi connectivity index (χ0v) is 12.5. The Kier molecular flexibility index (Phi) is 4.35. The summed E-state index contributed by atoms with van der Waals surface area (Å²) in [6.45, 7) is 2.73. The van der Waals surface area contributed by atoms with Crippen LogP contribution in [0.3, 0.4) is 0 Å². The number of nitrogens with zero attached hydrogens (tertiary/aromatic N) is 2. The average Bonchev–Trinajstić information content (AvgIpc) is 3.17. The Morgan fingerprint density at radius 3 is 3.00 bits per heavy atom. The summed E-state index contributed by atoms with van der Waals surface area (Å²) in [5.74, 6) is 0.493. The van der Waals surface area contributed by atoms with Crippen LogP contribution in [-0.2, 0) is 0 Å². The molecule has 0 saturated carbocycles. The van der Waals surface area contributed by atoms with Gasteiger partial charge in [0, 0.05) is 36.9 Å². The lowest BCUT2D eigenvalue weighted by atomic mass is 10.1. The van der Waals surface area contributed by atoms with E-state index in [1.54, 1.807) is 6.20 Å². The van der Waals surface area contributed by atoms with Crippen LogP contribution in [0.5, 0.6) is 0 Å². The molecule has 0 spiro atoms. The summed E-state index contributed by atoms with van der Waals surface area (Å²) in [4.78, 5) is 18.1. The third-order valence-electron chi connectivity index (χ3n) is 3.61. The van der Waals surface area contributed by atoms with Crippen molar-refractivity contribution in [2.45, 2.75) is 6.42 Å². The number of para-hydroxylation sites is 1. The standard InChI is InChI=1S/C15H18N4OS/c20-14(18-15-16-7-9-21-15)17-10-12-6-8-19(11-12)13-4-2-1-3-5-13/h1-5,7,9,12H,6,8,10-11H2,(H2,16,17,18,20)/t12-/m1/s1. The van der Waals surface area contributed by atoms with Gasteiger partial charge in [-0.05, 0) is 24.5 Å². The van der Waals surface area contributed by atoms with E-state index >= 15 is 0 Å². The normalized spacial score (nSPS) is 17.7. The molecule has 21 heavy (non-hydrogen) atoms. The molecule has 1 aromatic carbocycles. The summed E-state index contributed by atoms with van der Waals surface area (Å²) >= 11 is 1.42. The summed E-state index contributed by atoms with van der Waals surface area (Å²) in [5.41, 5.74) is 1.26. The number of urea groups is 1. The number of thiazole rings is 1. The monoisotopic (exact) mass is 302 g/mol. The zero-order valence-electron chi connectivity index (χ0n) is 11.7. The molecule has 3 rings (SSSR count). The lowest BCUT2D eigenvalue weighted by Gasteiger charge is -2.18. The van der Waals surface area contributed by atoms with Crippen LogP contribution in [0.4, 0.5) is 15.6 Å². The van der Waals surface area contributed by atoms with Gasteiger partial charge in [-0.15, -0.1) is 11.3 Å². The number of benzene rings is 1. The molecule has 0 unspecified atom stereocenters. The van der Waals surface area contributed by atoms with Crippen molar-refractivity contribution in [3.63, 3.8) is 0 Å². The van der Waals surface area contributed by atoms with Gasteiger partial charge in [0.2, 0.25) is 0 Å². The van der Waals surface area contributed by atoms with Gasteiger partial charge < -0.3 is 10.2 Å². The molecule has 1 aromatic heterocycles. The highest BCUT2D eigenvalue weighted by molar-refractivity contribution is 7.13. The molecule has 0 bridgehead atoms. The minimum atomic E-state index is -0.178. The van der Waals surface area contributed by atoms with Gasteiger partial charge in [-0.3, -0.25) is 5.32 Å². The number of amides is 2. The molecule has 0 radical (unpaired) electrons. The maximum Gasteiger partial charge on any atom is 0.321 e. The van der Waals surface area contributed by atoms with Crippen LogP contribution in [0.1, 0.15) is 6.42 Å². The van der Waals surface area contributed by atoms with E-state index in [9.17, 15) is 4.79 Å². The van der Waals surface area contributed by atoms with E-state index in [-0.39, 0.29) is 6.03 Å². The Hall–Kier alpha value is -2.08. The van der Waals surface area contributed by atoms with Crippen molar-refractivity contribution in [2.75, 3.05) is 29.9 Å². The molecule has 2 aromatic rings. The number of rotatable bonds is 4. The van der Waals surface area contributed by atoms with Gasteiger partial charge in [0.05, 0.1) is 0 Å². The molecule has 2 heterocycles. The molecule has 1 aliphatic heterocycles. The van der Waals surface area contributed by atoms with Gasteiger partial charge >= 0.3 is 6.03 Å². The molecule has 1 atom stereocenters. The Morgan fingerprint density at radius 2 is 2.24 bits per heavy atom. The molecule has 2 N–H and O–H groups in total. The highest BCUT2D eigenvalue weighted by Gasteiger charge is 2.22. The Morgan fingerprint density at radius 1 is 1.38 bits per heavy atom. The molecule has 5 nitrogen and oxygen atoms in total. The first-order valence-corrected chi connectivity index (χ1v) is 7.93. The zero-order chi connectivity index (χ0) is 14.5. The highest BCUT2D eigenvalue weighted by Crippen LogP contribution is 2.22. The van der Waals surface area contributed by atoms with Crippen molar-refractivity contribution in [2.24, 2.45) is 5.92 Å². The molecular weight excluding hydrogens is 284 g/mol. The smallest absolute Gasteiger partial charge is 0.321 e. The molecule has 110 valence electrons. The SMILES string of the molecule is O=C(NC[C@H]1CCN(c2ccccc2)C1)Nc1nccs1. The largest absolute Gasteiger partial charge is 0.371 e. The van der Waals surface area contributed by atoms with Crippen molar-refractivity contribution in [3.8, 4) is 0 Å². The van der Waals surface area contributed by atoms with E-state index in [0.29, 0.717) is 17.6 Å². The van der Waals surface area contributed by atoms with E-state index in [2.05, 4.69) is 44.8 Å². The van der Waals surface area contributed by atoms with E-state index in [1.165, 1.54) is 17.0 Å². The summed E-state index contributed by atoms with van der Waals surface area (Å²) in [5, 5.41) is 8.12. The molecule has 1 fully saturated rings. The van der Waals surface area contributed by atoms with Gasteiger partial charge in [0.15, 0.2) is 5.13 Å². The van der Waals surface area contributed by atoms with E-state index < -0.39 is 0 Å². The second kappa shape index (κ2) is 6.58. The number of hydrogen-bond donors (Lipinski definition) is 2. The van der Waals surface area contributed by atoms with Crippen molar-refractivity contribution in [3.05, 3.63) is 41.9 Å². The first-order valence-electron chi connectivity index (χ1n) is 7.05. The van der Waals surface area contributed by atoms with E-state index in [0.717, 1.165) is 19.5 Å². The highest BCUT2D eigenvalue weighted by atomic mass is 32.1. The van der Waals surface area contributed by atoms with Crippen molar-refractivity contribution >= 4 is 28.2 Å². The fourth-order valence-corrected chi connectivity index (χ4v) is 3.06. The van der Waals surface area contributed by atoms with Crippen molar-refractivity contribution in [1.82, 2.24) is 10.3 Å². The summed E-state index contributed by atoms with van der Waals surface area (Å²) in [7, 11) is 0. The third-order valence-corrected chi connectivity index (χ3v) is 4.30. The van der Waals surface area contributed by atoms with E-state index in [1.807, 2.05) is 11.4 Å². The second-order valence-electron chi connectivity index (χ2n) is 5.11. The number of carbonyl (C=O) groups is 1. The molecule has 6 heteroatoms. The van der Waals surface area contributed by atoms with Crippen LogP contribution < -0.4 is 15.5 Å². The van der Waals surface area contributed by atoms with Crippen LogP contribution in [0.2, 0.25) is 0 Å². The molecule has 2 amide bonds. The second-order valence-corrected chi connectivity index (χ2v) is 6.00. The van der Waals surface area contributed by atoms with Crippen molar-refractivity contribution < 1.29 is 4.79 Å². The third kappa shape index (κ3) is 3.72. The number of nitrogens with one attached hydrogen (secondary N) is 2. The van der Waals surface area contributed by atoms with Crippen LogP contribution in [-0.4, -0.2) is 30.6 Å². The van der Waals surface area contributed by atoms with Gasteiger partial charge in [-0.1, -0.05) is 18.2 Å². The van der Waals surface area contributed by atoms with Gasteiger partial charge in [-0.25, -0.2) is 9.78 Å². The molecule has 0 aliphatic carbocycles. The Labute approximate surface area is 128 Å². The fraction of sp³-hybridized carbons (Fsp3) is 0.333. The average molecular weight is 302 g/mol. The predicted molar refractivity (Wildman–Crippen MR) is 85.9 cm³/mol. The van der Waals surface area contributed by atoms with Crippen LogP contribution in [0, 0.1) is 5.92 Å². The van der Waals surface area contributed by atoms with Gasteiger partial charge in [0.25, 0.3) is 0 Å². The summed E-state index contributed by atoms with van der Waals surface area (Å²) < 4.78 is 0. The topological polar surface area (TPSA) is 57.3 Å². The van der Waals surface area contributed by atoms with Gasteiger partial charge in [0.1, 0.15) is 0 Å². The van der Waals surface area contributed by atoms with Crippen LogP contribution in [0.15, 0.2) is 41.9 Å². The lowest BCUT2D eigenvalue weighted by molar-refractivity contribution is 0.250. The summed E-state index contributed by atoms with van der Waals surface area (Å²) in [6, 6.07) is 10.2.